The van der Waals surface area contributed by atoms with Crippen molar-refractivity contribution in [2.75, 3.05) is 0 Å². The van der Waals surface area contributed by atoms with Crippen molar-refractivity contribution in [1.29, 1.82) is 0 Å². The van der Waals surface area contributed by atoms with Gasteiger partial charge in [0.1, 0.15) is 5.69 Å². The van der Waals surface area contributed by atoms with Crippen molar-refractivity contribution in [2.45, 2.75) is 0 Å². The minimum Gasteiger partial charge on any atom is -0.218 e. The van der Waals surface area contributed by atoms with Crippen molar-refractivity contribution >= 4 is 47.8 Å². The second-order valence-electron chi connectivity index (χ2n) is 4.13. The highest BCUT2D eigenvalue weighted by Crippen LogP contribution is 2.33. The average Bonchev–Trinajstić information content (AvgIpc) is 2.88. The van der Waals surface area contributed by atoms with Gasteiger partial charge >= 0.3 is 0 Å². The van der Waals surface area contributed by atoms with Gasteiger partial charge in [0.15, 0.2) is 0 Å². The van der Waals surface area contributed by atoms with E-state index in [0.717, 1.165) is 30.4 Å². The van der Waals surface area contributed by atoms with Crippen LogP contribution in [0.5, 0.6) is 0 Å². The number of nitrogens with zero attached hydrogens (tertiary/aromatic N) is 3. The lowest BCUT2D eigenvalue weighted by atomic mass is 10.2. The molecule has 2 aromatic carbocycles. The van der Waals surface area contributed by atoms with Crippen LogP contribution in [0.3, 0.4) is 0 Å². The van der Waals surface area contributed by atoms with Crippen molar-refractivity contribution in [3.8, 4) is 16.9 Å². The second kappa shape index (κ2) is 5.79. The molecule has 0 saturated heterocycles. The summed E-state index contributed by atoms with van der Waals surface area (Å²) in [5, 5.41) is 8.43. The fourth-order valence-electron chi connectivity index (χ4n) is 1.87. The summed E-state index contributed by atoms with van der Waals surface area (Å²) in [4.78, 5) is 0. The Morgan fingerprint density at radius 1 is 0.900 bits per heavy atom. The molecule has 0 unspecified atom stereocenters. The van der Waals surface area contributed by atoms with Crippen LogP contribution in [0.15, 0.2) is 62.1 Å². The van der Waals surface area contributed by atoms with Crippen LogP contribution in [0.2, 0.25) is 0 Å². The van der Waals surface area contributed by atoms with E-state index in [4.69, 9.17) is 0 Å². The molecule has 0 fully saturated rings. The number of rotatable bonds is 2. The Morgan fingerprint density at radius 3 is 2.20 bits per heavy atom. The molecule has 3 rings (SSSR count). The van der Waals surface area contributed by atoms with Gasteiger partial charge in [-0.15, -0.1) is 5.10 Å². The van der Waals surface area contributed by atoms with Crippen molar-refractivity contribution in [3.05, 3.63) is 62.1 Å². The largest absolute Gasteiger partial charge is 0.218 e. The molecule has 0 aliphatic heterocycles. The molecule has 20 heavy (non-hydrogen) atoms. The van der Waals surface area contributed by atoms with Crippen molar-refractivity contribution in [3.63, 3.8) is 0 Å². The Kier molecular flexibility index (Phi) is 4.05. The summed E-state index contributed by atoms with van der Waals surface area (Å²) in [6.45, 7) is 0. The van der Waals surface area contributed by atoms with Crippen LogP contribution in [-0.2, 0) is 0 Å². The summed E-state index contributed by atoms with van der Waals surface area (Å²) in [6, 6.07) is 13.9. The zero-order chi connectivity index (χ0) is 14.1. The van der Waals surface area contributed by atoms with Crippen LogP contribution in [0.1, 0.15) is 0 Å². The number of aromatic nitrogens is 3. The van der Waals surface area contributed by atoms with Crippen LogP contribution < -0.4 is 0 Å². The van der Waals surface area contributed by atoms with Crippen molar-refractivity contribution < 1.29 is 0 Å². The molecule has 0 radical (unpaired) electrons. The third-order valence-electron chi connectivity index (χ3n) is 2.77. The van der Waals surface area contributed by atoms with E-state index in [-0.39, 0.29) is 0 Å². The van der Waals surface area contributed by atoms with Gasteiger partial charge in [-0.25, -0.2) is 4.68 Å². The SMILES string of the molecule is Brc1cc(Br)c(-n2cc(-c3ccccc3)nn2)c(Br)c1. The fraction of sp³-hybridized carbons (Fsp3) is 0. The first kappa shape index (κ1) is 14.0. The average molecular weight is 458 g/mol. The molecule has 0 amide bonds. The van der Waals surface area contributed by atoms with E-state index < -0.39 is 0 Å². The summed E-state index contributed by atoms with van der Waals surface area (Å²) in [5.74, 6) is 0. The van der Waals surface area contributed by atoms with Gasteiger partial charge in [0.05, 0.1) is 11.9 Å². The van der Waals surface area contributed by atoms with Gasteiger partial charge in [0.2, 0.25) is 0 Å². The van der Waals surface area contributed by atoms with Gasteiger partial charge in [-0.05, 0) is 44.0 Å². The molecule has 6 heteroatoms. The molecule has 0 saturated carbocycles. The molecule has 0 atom stereocenters. The van der Waals surface area contributed by atoms with Crippen molar-refractivity contribution in [1.82, 2.24) is 15.0 Å². The van der Waals surface area contributed by atoms with Crippen molar-refractivity contribution in [2.24, 2.45) is 0 Å². The lowest BCUT2D eigenvalue weighted by Gasteiger charge is -2.07. The van der Waals surface area contributed by atoms with Gasteiger partial charge in [-0.3, -0.25) is 0 Å². The molecule has 1 heterocycles. The monoisotopic (exact) mass is 455 g/mol. The van der Waals surface area contributed by atoms with E-state index >= 15 is 0 Å². The highest BCUT2D eigenvalue weighted by Gasteiger charge is 2.12. The zero-order valence-electron chi connectivity index (χ0n) is 10.1. The molecule has 0 bridgehead atoms. The van der Waals surface area contributed by atoms with Crippen LogP contribution >= 0.6 is 47.8 Å². The maximum atomic E-state index is 4.23. The number of benzene rings is 2. The zero-order valence-corrected chi connectivity index (χ0v) is 14.9. The standard InChI is InChI=1S/C14H8Br3N3/c15-10-6-11(16)14(12(17)7-10)20-8-13(18-19-20)9-4-2-1-3-5-9/h1-8H. The molecule has 1 aromatic heterocycles. The third-order valence-corrected chi connectivity index (χ3v) is 4.44. The molecular weight excluding hydrogens is 450 g/mol. The summed E-state index contributed by atoms with van der Waals surface area (Å²) >= 11 is 10.6. The number of hydrogen-bond acceptors (Lipinski definition) is 2. The first-order valence-corrected chi connectivity index (χ1v) is 8.16. The van der Waals surface area contributed by atoms with E-state index in [2.05, 4.69) is 58.1 Å². The topological polar surface area (TPSA) is 30.7 Å². The fourth-order valence-corrected chi connectivity index (χ4v) is 4.49. The minimum atomic E-state index is 0.840. The summed E-state index contributed by atoms with van der Waals surface area (Å²) < 4.78 is 4.61. The summed E-state index contributed by atoms with van der Waals surface area (Å²) in [5.41, 5.74) is 2.80. The Labute approximate surface area is 141 Å². The molecule has 0 aliphatic carbocycles. The second-order valence-corrected chi connectivity index (χ2v) is 6.76. The van der Waals surface area contributed by atoms with E-state index in [1.165, 1.54) is 0 Å². The molecule has 3 nitrogen and oxygen atoms in total. The van der Waals surface area contributed by atoms with Crippen LogP contribution in [-0.4, -0.2) is 15.0 Å². The Balaban J connectivity index is 2.07. The van der Waals surface area contributed by atoms with Gasteiger partial charge < -0.3 is 0 Å². The number of halogens is 3. The minimum absolute atomic E-state index is 0.840. The first-order chi connectivity index (χ1) is 9.65. The maximum absolute atomic E-state index is 4.23. The summed E-state index contributed by atoms with van der Waals surface area (Å²) in [7, 11) is 0. The van der Waals surface area contributed by atoms with Crippen LogP contribution in [0.4, 0.5) is 0 Å². The normalized spacial score (nSPS) is 10.8. The Hall–Kier alpha value is -0.980. The predicted octanol–water partition coefficient (Wildman–Crippen LogP) is 5.22. The maximum Gasteiger partial charge on any atom is 0.113 e. The van der Waals surface area contributed by atoms with Gasteiger partial charge in [-0.1, -0.05) is 51.5 Å². The third kappa shape index (κ3) is 2.73. The van der Waals surface area contributed by atoms with E-state index in [1.54, 1.807) is 4.68 Å². The number of hydrogen-bond donors (Lipinski definition) is 0. The van der Waals surface area contributed by atoms with E-state index in [9.17, 15) is 0 Å². The highest BCUT2D eigenvalue weighted by atomic mass is 79.9. The lowest BCUT2D eigenvalue weighted by molar-refractivity contribution is 0.797. The van der Waals surface area contributed by atoms with Gasteiger partial charge in [-0.2, -0.15) is 0 Å². The lowest BCUT2D eigenvalue weighted by Crippen LogP contribution is -1.97. The van der Waals surface area contributed by atoms with E-state index in [0.29, 0.717) is 0 Å². The summed E-state index contributed by atoms with van der Waals surface area (Å²) in [6.07, 6.45) is 1.91. The molecule has 0 spiro atoms. The molecule has 0 N–H and O–H groups in total. The molecule has 100 valence electrons. The van der Waals surface area contributed by atoms with Gasteiger partial charge in [0.25, 0.3) is 0 Å². The highest BCUT2D eigenvalue weighted by molar-refractivity contribution is 9.11. The molecular formula is C14H8Br3N3. The quantitative estimate of drug-likeness (QED) is 0.528. The Morgan fingerprint density at radius 2 is 1.55 bits per heavy atom. The Bertz CT molecular complexity index is 730. The predicted molar refractivity (Wildman–Crippen MR) is 89.9 cm³/mol. The molecule has 3 aromatic rings. The van der Waals surface area contributed by atoms with Crippen LogP contribution in [0.25, 0.3) is 16.9 Å². The smallest absolute Gasteiger partial charge is 0.113 e. The molecule has 0 aliphatic rings. The van der Waals surface area contributed by atoms with Gasteiger partial charge in [0, 0.05) is 19.0 Å². The van der Waals surface area contributed by atoms with E-state index in [1.807, 2.05) is 48.7 Å². The van der Waals surface area contributed by atoms with Crippen LogP contribution in [0, 0.1) is 0 Å². The first-order valence-electron chi connectivity index (χ1n) is 5.78.